The Morgan fingerprint density at radius 1 is 1.20 bits per heavy atom. The standard InChI is InChI=1S/C15H21N3O.ClH/c16-13-5-6-14(17-8-13)7-15(19)18(9-11-1-2-11)10-12-3-4-12;/h5-6,8,11-12H,1-4,7,9-10,16H2;1H. The van der Waals surface area contributed by atoms with Gasteiger partial charge in [-0.15, -0.1) is 12.4 Å². The molecule has 1 amide bonds. The highest BCUT2D eigenvalue weighted by molar-refractivity contribution is 5.85. The molecule has 0 saturated heterocycles. The zero-order valence-corrected chi connectivity index (χ0v) is 12.4. The van der Waals surface area contributed by atoms with Crippen LogP contribution >= 0.6 is 12.4 Å². The molecule has 0 bridgehead atoms. The van der Waals surface area contributed by atoms with Gasteiger partial charge in [-0.3, -0.25) is 9.78 Å². The molecule has 2 N–H and O–H groups in total. The van der Waals surface area contributed by atoms with Gasteiger partial charge in [-0.1, -0.05) is 0 Å². The Balaban J connectivity index is 0.00000147. The number of pyridine rings is 1. The maximum absolute atomic E-state index is 12.4. The van der Waals surface area contributed by atoms with Gasteiger partial charge in [0.05, 0.1) is 18.3 Å². The smallest absolute Gasteiger partial charge is 0.228 e. The molecule has 0 radical (unpaired) electrons. The van der Waals surface area contributed by atoms with Crippen LogP contribution in [0.25, 0.3) is 0 Å². The van der Waals surface area contributed by atoms with Gasteiger partial charge in [0.2, 0.25) is 5.91 Å². The second kappa shape index (κ2) is 6.44. The van der Waals surface area contributed by atoms with E-state index in [1.165, 1.54) is 25.7 Å². The molecule has 3 rings (SSSR count). The lowest BCUT2D eigenvalue weighted by molar-refractivity contribution is -0.131. The Kier molecular flexibility index (Phi) is 4.86. The summed E-state index contributed by atoms with van der Waals surface area (Å²) in [6.07, 6.45) is 7.17. The summed E-state index contributed by atoms with van der Waals surface area (Å²) in [5.74, 6) is 1.72. The van der Waals surface area contributed by atoms with E-state index in [1.807, 2.05) is 12.1 Å². The van der Waals surface area contributed by atoms with Crippen molar-refractivity contribution in [1.29, 1.82) is 0 Å². The minimum atomic E-state index is 0. The van der Waals surface area contributed by atoms with E-state index in [9.17, 15) is 4.79 Å². The van der Waals surface area contributed by atoms with Crippen LogP contribution in [0, 0.1) is 11.8 Å². The van der Waals surface area contributed by atoms with Gasteiger partial charge in [0.25, 0.3) is 0 Å². The minimum Gasteiger partial charge on any atom is -0.397 e. The van der Waals surface area contributed by atoms with Crippen LogP contribution in [0.2, 0.25) is 0 Å². The summed E-state index contributed by atoms with van der Waals surface area (Å²) in [5.41, 5.74) is 7.07. The fraction of sp³-hybridized carbons (Fsp3) is 0.600. The summed E-state index contributed by atoms with van der Waals surface area (Å²) >= 11 is 0. The molecular weight excluding hydrogens is 274 g/mol. The predicted octanol–water partition coefficient (Wildman–Crippen LogP) is 2.28. The summed E-state index contributed by atoms with van der Waals surface area (Å²) in [5, 5.41) is 0. The molecule has 20 heavy (non-hydrogen) atoms. The van der Waals surface area contributed by atoms with Crippen LogP contribution in [0.1, 0.15) is 31.4 Å². The van der Waals surface area contributed by atoms with Crippen LogP contribution in [0.3, 0.4) is 0 Å². The molecule has 0 aromatic carbocycles. The number of amides is 1. The third-order valence-electron chi connectivity index (χ3n) is 3.88. The summed E-state index contributed by atoms with van der Waals surface area (Å²) in [7, 11) is 0. The van der Waals surface area contributed by atoms with E-state index in [0.717, 1.165) is 30.6 Å². The van der Waals surface area contributed by atoms with Crippen LogP contribution in [0.15, 0.2) is 18.3 Å². The molecule has 110 valence electrons. The lowest BCUT2D eigenvalue weighted by atomic mass is 10.2. The largest absolute Gasteiger partial charge is 0.397 e. The molecule has 0 aliphatic heterocycles. The summed E-state index contributed by atoms with van der Waals surface area (Å²) in [6.45, 7) is 1.90. The van der Waals surface area contributed by atoms with Gasteiger partial charge >= 0.3 is 0 Å². The number of aromatic nitrogens is 1. The van der Waals surface area contributed by atoms with Gasteiger partial charge < -0.3 is 10.6 Å². The molecule has 5 heteroatoms. The number of hydrogen-bond donors (Lipinski definition) is 1. The number of nitrogens with zero attached hydrogens (tertiary/aromatic N) is 2. The zero-order chi connectivity index (χ0) is 13.2. The van der Waals surface area contributed by atoms with Crippen LogP contribution in [0.5, 0.6) is 0 Å². The van der Waals surface area contributed by atoms with E-state index in [1.54, 1.807) is 6.20 Å². The zero-order valence-electron chi connectivity index (χ0n) is 11.6. The molecule has 0 atom stereocenters. The van der Waals surface area contributed by atoms with Crippen molar-refractivity contribution in [3.63, 3.8) is 0 Å². The van der Waals surface area contributed by atoms with Crippen molar-refractivity contribution < 1.29 is 4.79 Å². The van der Waals surface area contributed by atoms with Crippen molar-refractivity contribution in [3.05, 3.63) is 24.0 Å². The fourth-order valence-corrected chi connectivity index (χ4v) is 2.31. The van der Waals surface area contributed by atoms with Gasteiger partial charge in [-0.25, -0.2) is 0 Å². The summed E-state index contributed by atoms with van der Waals surface area (Å²) < 4.78 is 0. The van der Waals surface area contributed by atoms with Crippen molar-refractivity contribution >= 4 is 24.0 Å². The molecule has 2 aliphatic rings. The minimum absolute atomic E-state index is 0. The van der Waals surface area contributed by atoms with Crippen LogP contribution in [0.4, 0.5) is 5.69 Å². The first-order valence-corrected chi connectivity index (χ1v) is 7.19. The SMILES string of the molecule is Cl.Nc1ccc(CC(=O)N(CC2CC2)CC2CC2)nc1. The quantitative estimate of drug-likeness (QED) is 0.876. The van der Waals surface area contributed by atoms with Crippen LogP contribution in [-0.2, 0) is 11.2 Å². The van der Waals surface area contributed by atoms with E-state index < -0.39 is 0 Å². The maximum Gasteiger partial charge on any atom is 0.228 e. The Morgan fingerprint density at radius 2 is 1.80 bits per heavy atom. The van der Waals surface area contributed by atoms with E-state index in [-0.39, 0.29) is 18.3 Å². The van der Waals surface area contributed by atoms with E-state index in [2.05, 4.69) is 9.88 Å². The first kappa shape index (κ1) is 15.1. The summed E-state index contributed by atoms with van der Waals surface area (Å²) in [6, 6.07) is 3.65. The molecule has 1 heterocycles. The highest BCUT2D eigenvalue weighted by Gasteiger charge is 2.31. The number of hydrogen-bond acceptors (Lipinski definition) is 3. The van der Waals surface area contributed by atoms with Gasteiger partial charge in [0.1, 0.15) is 0 Å². The Hall–Kier alpha value is -1.29. The molecule has 2 saturated carbocycles. The summed E-state index contributed by atoms with van der Waals surface area (Å²) in [4.78, 5) is 18.7. The van der Waals surface area contributed by atoms with Crippen LogP contribution in [-0.4, -0.2) is 28.9 Å². The average Bonchev–Trinajstić information content (AvgIpc) is 3.26. The highest BCUT2D eigenvalue weighted by Crippen LogP contribution is 2.33. The van der Waals surface area contributed by atoms with Gasteiger partial charge in [-0.2, -0.15) is 0 Å². The maximum atomic E-state index is 12.4. The Bertz CT molecular complexity index is 441. The third-order valence-corrected chi connectivity index (χ3v) is 3.88. The van der Waals surface area contributed by atoms with Crippen molar-refractivity contribution in [2.45, 2.75) is 32.1 Å². The normalized spacial score (nSPS) is 17.4. The Morgan fingerprint density at radius 3 is 2.25 bits per heavy atom. The van der Waals surface area contributed by atoms with Gasteiger partial charge in [-0.05, 0) is 49.7 Å². The second-order valence-electron chi connectivity index (χ2n) is 5.95. The number of nitrogen functional groups attached to an aromatic ring is 1. The molecule has 4 nitrogen and oxygen atoms in total. The monoisotopic (exact) mass is 295 g/mol. The molecule has 2 aliphatic carbocycles. The number of nitrogens with two attached hydrogens (primary N) is 1. The molecule has 1 aromatic heterocycles. The molecule has 0 spiro atoms. The van der Waals surface area contributed by atoms with Gasteiger partial charge in [0, 0.05) is 18.8 Å². The van der Waals surface area contributed by atoms with Crippen molar-refractivity contribution in [1.82, 2.24) is 9.88 Å². The van der Waals surface area contributed by atoms with E-state index in [0.29, 0.717) is 12.1 Å². The average molecular weight is 296 g/mol. The first-order valence-electron chi connectivity index (χ1n) is 7.19. The van der Waals surface area contributed by atoms with E-state index in [4.69, 9.17) is 5.73 Å². The molecule has 0 unspecified atom stereocenters. The number of halogens is 1. The number of carbonyl (C=O) groups is 1. The fourth-order valence-electron chi connectivity index (χ4n) is 2.31. The molecular formula is C15H22ClN3O. The lowest BCUT2D eigenvalue weighted by Gasteiger charge is -2.22. The van der Waals surface area contributed by atoms with E-state index >= 15 is 0 Å². The number of carbonyl (C=O) groups excluding carboxylic acids is 1. The number of rotatable bonds is 6. The Labute approximate surface area is 126 Å². The van der Waals surface area contributed by atoms with Crippen molar-refractivity contribution in [2.24, 2.45) is 11.8 Å². The third kappa shape index (κ3) is 4.37. The topological polar surface area (TPSA) is 59.2 Å². The van der Waals surface area contributed by atoms with Crippen LogP contribution < -0.4 is 5.73 Å². The lowest BCUT2D eigenvalue weighted by Crippen LogP contribution is -2.36. The number of anilines is 1. The highest BCUT2D eigenvalue weighted by atomic mass is 35.5. The van der Waals surface area contributed by atoms with Crippen molar-refractivity contribution in [3.8, 4) is 0 Å². The molecule has 1 aromatic rings. The van der Waals surface area contributed by atoms with Crippen molar-refractivity contribution in [2.75, 3.05) is 18.8 Å². The first-order chi connectivity index (χ1) is 9.20. The molecule has 2 fully saturated rings. The second-order valence-corrected chi connectivity index (χ2v) is 5.95. The predicted molar refractivity (Wildman–Crippen MR) is 81.6 cm³/mol. The van der Waals surface area contributed by atoms with Gasteiger partial charge in [0.15, 0.2) is 0 Å².